The fourth-order valence-electron chi connectivity index (χ4n) is 1.99. The molecule has 4 nitrogen and oxygen atoms in total. The van der Waals surface area contributed by atoms with Gasteiger partial charge in [-0.05, 0) is 37.5 Å². The summed E-state index contributed by atoms with van der Waals surface area (Å²) in [5.41, 5.74) is 1.16. The minimum absolute atomic E-state index is 0.154. The molecule has 3 rings (SSSR count). The number of anilines is 1. The van der Waals surface area contributed by atoms with Gasteiger partial charge in [0.25, 0.3) is 0 Å². The van der Waals surface area contributed by atoms with Crippen molar-refractivity contribution in [2.24, 2.45) is 0 Å². The number of pyridine rings is 1. The molecule has 2 aromatic rings. The van der Waals surface area contributed by atoms with Crippen molar-refractivity contribution in [2.75, 3.05) is 5.32 Å². The third kappa shape index (κ3) is 3.01. The van der Waals surface area contributed by atoms with Crippen LogP contribution in [-0.4, -0.2) is 15.0 Å². The Bertz CT molecular complexity index is 569. The zero-order valence-corrected chi connectivity index (χ0v) is 11.4. The van der Waals surface area contributed by atoms with Gasteiger partial charge in [0.1, 0.15) is 16.8 Å². The van der Waals surface area contributed by atoms with Crippen molar-refractivity contribution in [3.8, 4) is 0 Å². The Labute approximate surface area is 117 Å². The second-order valence-electron chi connectivity index (χ2n) is 4.85. The summed E-state index contributed by atoms with van der Waals surface area (Å²) in [6.45, 7) is 2.09. The summed E-state index contributed by atoms with van der Waals surface area (Å²) in [4.78, 5) is 12.8. The van der Waals surface area contributed by atoms with Gasteiger partial charge in [0, 0.05) is 24.4 Å². The summed E-state index contributed by atoms with van der Waals surface area (Å²) >= 11 is 6.05. The first-order valence-electron chi connectivity index (χ1n) is 6.43. The van der Waals surface area contributed by atoms with Gasteiger partial charge < -0.3 is 5.32 Å². The van der Waals surface area contributed by atoms with Crippen LogP contribution in [0.4, 0.5) is 5.82 Å². The molecule has 0 saturated heterocycles. The van der Waals surface area contributed by atoms with Crippen molar-refractivity contribution in [3.63, 3.8) is 0 Å². The van der Waals surface area contributed by atoms with E-state index >= 15 is 0 Å². The fourth-order valence-corrected chi connectivity index (χ4v) is 2.18. The first-order chi connectivity index (χ1) is 9.22. The van der Waals surface area contributed by atoms with Gasteiger partial charge in [-0.2, -0.15) is 0 Å². The Balaban J connectivity index is 1.79. The molecule has 19 heavy (non-hydrogen) atoms. The first kappa shape index (κ1) is 12.4. The number of nitrogens with one attached hydrogen (secondary N) is 1. The smallest absolute Gasteiger partial charge is 0.135 e. The van der Waals surface area contributed by atoms with Gasteiger partial charge in [0.15, 0.2) is 0 Å². The van der Waals surface area contributed by atoms with E-state index in [-0.39, 0.29) is 6.04 Å². The van der Waals surface area contributed by atoms with E-state index in [2.05, 4.69) is 27.2 Å². The summed E-state index contributed by atoms with van der Waals surface area (Å²) in [6, 6.07) is 5.90. The molecule has 1 N–H and O–H groups in total. The van der Waals surface area contributed by atoms with Crippen LogP contribution in [-0.2, 0) is 0 Å². The average Bonchev–Trinajstić information content (AvgIpc) is 3.23. The van der Waals surface area contributed by atoms with Gasteiger partial charge >= 0.3 is 0 Å². The third-order valence-electron chi connectivity index (χ3n) is 3.23. The summed E-state index contributed by atoms with van der Waals surface area (Å²) in [7, 11) is 0. The zero-order chi connectivity index (χ0) is 13.2. The number of hydrogen-bond acceptors (Lipinski definition) is 4. The standard InChI is InChI=1S/C14H15ClN4/c1-9(10-4-6-16-7-5-10)17-13-8-12(15)18-14(19-13)11-2-3-11/h4-9,11H,2-3H2,1H3,(H,17,18,19). The maximum Gasteiger partial charge on any atom is 0.135 e. The van der Waals surface area contributed by atoms with E-state index in [9.17, 15) is 0 Å². The van der Waals surface area contributed by atoms with Crippen LogP contribution in [0, 0.1) is 0 Å². The second-order valence-corrected chi connectivity index (χ2v) is 5.24. The van der Waals surface area contributed by atoms with E-state index in [1.165, 1.54) is 12.8 Å². The van der Waals surface area contributed by atoms with Crippen molar-refractivity contribution < 1.29 is 0 Å². The molecule has 0 radical (unpaired) electrons. The van der Waals surface area contributed by atoms with Crippen LogP contribution in [0.25, 0.3) is 0 Å². The third-order valence-corrected chi connectivity index (χ3v) is 3.42. The lowest BCUT2D eigenvalue weighted by molar-refractivity contribution is 0.852. The van der Waals surface area contributed by atoms with Crippen molar-refractivity contribution in [1.82, 2.24) is 15.0 Å². The van der Waals surface area contributed by atoms with E-state index in [1.807, 2.05) is 12.1 Å². The van der Waals surface area contributed by atoms with Gasteiger partial charge in [-0.25, -0.2) is 9.97 Å². The molecule has 2 aromatic heterocycles. The Hall–Kier alpha value is -1.68. The Morgan fingerprint density at radius 1 is 1.26 bits per heavy atom. The molecule has 1 aliphatic rings. The lowest BCUT2D eigenvalue weighted by Crippen LogP contribution is -2.09. The molecule has 1 unspecified atom stereocenters. The highest BCUT2D eigenvalue weighted by atomic mass is 35.5. The molecule has 1 fully saturated rings. The molecule has 98 valence electrons. The minimum Gasteiger partial charge on any atom is -0.363 e. The van der Waals surface area contributed by atoms with Crippen LogP contribution in [0.5, 0.6) is 0 Å². The zero-order valence-electron chi connectivity index (χ0n) is 10.7. The number of nitrogens with zero attached hydrogens (tertiary/aromatic N) is 3. The minimum atomic E-state index is 0.154. The van der Waals surface area contributed by atoms with Crippen LogP contribution in [0.2, 0.25) is 5.15 Å². The summed E-state index contributed by atoms with van der Waals surface area (Å²) < 4.78 is 0. The number of hydrogen-bond donors (Lipinski definition) is 1. The largest absolute Gasteiger partial charge is 0.363 e. The highest BCUT2D eigenvalue weighted by molar-refractivity contribution is 6.29. The molecule has 0 aromatic carbocycles. The van der Waals surface area contributed by atoms with Crippen LogP contribution in [0.15, 0.2) is 30.6 Å². The van der Waals surface area contributed by atoms with Crippen LogP contribution in [0.3, 0.4) is 0 Å². The average molecular weight is 275 g/mol. The highest BCUT2D eigenvalue weighted by Gasteiger charge is 2.27. The molecular formula is C14H15ClN4. The molecule has 2 heterocycles. The molecule has 1 aliphatic carbocycles. The molecule has 0 spiro atoms. The maximum absolute atomic E-state index is 6.05. The van der Waals surface area contributed by atoms with Gasteiger partial charge in [0.2, 0.25) is 0 Å². The lowest BCUT2D eigenvalue weighted by atomic mass is 10.1. The van der Waals surface area contributed by atoms with Gasteiger partial charge in [-0.15, -0.1) is 0 Å². The molecule has 0 amide bonds. The summed E-state index contributed by atoms with van der Waals surface area (Å²) in [5, 5.41) is 3.86. The maximum atomic E-state index is 6.05. The van der Waals surface area contributed by atoms with Crippen LogP contribution >= 0.6 is 11.6 Å². The van der Waals surface area contributed by atoms with E-state index in [1.54, 1.807) is 18.5 Å². The van der Waals surface area contributed by atoms with Gasteiger partial charge in [-0.1, -0.05) is 11.6 Å². The topological polar surface area (TPSA) is 50.7 Å². The van der Waals surface area contributed by atoms with Crippen LogP contribution < -0.4 is 5.32 Å². The number of halogens is 1. The first-order valence-corrected chi connectivity index (χ1v) is 6.81. The van der Waals surface area contributed by atoms with E-state index in [0.29, 0.717) is 11.1 Å². The van der Waals surface area contributed by atoms with E-state index in [0.717, 1.165) is 17.2 Å². The highest BCUT2D eigenvalue weighted by Crippen LogP contribution is 2.38. The molecule has 5 heteroatoms. The van der Waals surface area contributed by atoms with Crippen LogP contribution in [0.1, 0.15) is 43.1 Å². The summed E-state index contributed by atoms with van der Waals surface area (Å²) in [5.74, 6) is 2.14. The molecule has 0 aliphatic heterocycles. The number of aromatic nitrogens is 3. The molecule has 1 saturated carbocycles. The quantitative estimate of drug-likeness (QED) is 0.866. The number of rotatable bonds is 4. The van der Waals surface area contributed by atoms with Crippen molar-refractivity contribution in [1.29, 1.82) is 0 Å². The molecular weight excluding hydrogens is 260 g/mol. The van der Waals surface area contributed by atoms with Crippen molar-refractivity contribution >= 4 is 17.4 Å². The Kier molecular flexibility index (Phi) is 3.34. The van der Waals surface area contributed by atoms with E-state index in [4.69, 9.17) is 11.6 Å². The monoisotopic (exact) mass is 274 g/mol. The Morgan fingerprint density at radius 2 is 2.00 bits per heavy atom. The lowest BCUT2D eigenvalue weighted by Gasteiger charge is -2.15. The fraction of sp³-hybridized carbons (Fsp3) is 0.357. The van der Waals surface area contributed by atoms with Crippen molar-refractivity contribution in [3.05, 3.63) is 47.1 Å². The van der Waals surface area contributed by atoms with E-state index < -0.39 is 0 Å². The van der Waals surface area contributed by atoms with Gasteiger partial charge in [0.05, 0.1) is 6.04 Å². The predicted molar refractivity (Wildman–Crippen MR) is 75.3 cm³/mol. The second kappa shape index (κ2) is 5.13. The van der Waals surface area contributed by atoms with Gasteiger partial charge in [-0.3, -0.25) is 4.98 Å². The summed E-state index contributed by atoms with van der Waals surface area (Å²) in [6.07, 6.45) is 5.91. The normalized spacial score (nSPS) is 16.1. The molecule has 0 bridgehead atoms. The SMILES string of the molecule is CC(Nc1cc(Cl)nc(C2CC2)n1)c1ccncc1. The molecule has 1 atom stereocenters. The Morgan fingerprint density at radius 3 is 2.68 bits per heavy atom. The predicted octanol–water partition coefficient (Wildman–Crippen LogP) is 3.58. The van der Waals surface area contributed by atoms with Crippen molar-refractivity contribution in [2.45, 2.75) is 31.7 Å².